The van der Waals surface area contributed by atoms with Gasteiger partial charge in [0, 0.05) is 34.7 Å². The van der Waals surface area contributed by atoms with Crippen LogP contribution < -0.4 is 0 Å². The number of aryl methyl sites for hydroxylation is 3. The van der Waals surface area contributed by atoms with Crippen molar-refractivity contribution in [1.82, 2.24) is 9.78 Å². The van der Waals surface area contributed by atoms with Gasteiger partial charge in [0.1, 0.15) is 0 Å². The summed E-state index contributed by atoms with van der Waals surface area (Å²) in [6.07, 6.45) is 1.39. The summed E-state index contributed by atoms with van der Waals surface area (Å²) in [7, 11) is 1.94. The minimum Gasteiger partial charge on any atom is -0.387 e. The monoisotopic (exact) mass is 294 g/mol. The number of aliphatic hydroxyl groups excluding tert-OH is 1. The van der Waals surface area contributed by atoms with E-state index in [0.717, 1.165) is 28.4 Å². The number of hydrogen-bond acceptors (Lipinski definition) is 4. The topological polar surface area (TPSA) is 38.0 Å². The maximum atomic E-state index is 10.4. The standard InChI is InChI=1S/C14H18N2OS2/c1-9-5-11(16(2)15-9)7-12(17)14-6-10-8-18-4-3-13(10)19-14/h5-6,12,17H,3-4,7-8H2,1-2H3. The van der Waals surface area contributed by atoms with E-state index in [1.165, 1.54) is 16.2 Å². The molecule has 0 aliphatic carbocycles. The molecule has 0 bridgehead atoms. The van der Waals surface area contributed by atoms with E-state index in [-0.39, 0.29) is 0 Å². The molecule has 2 aromatic heterocycles. The highest BCUT2D eigenvalue weighted by Crippen LogP contribution is 2.35. The van der Waals surface area contributed by atoms with Crippen molar-refractivity contribution in [2.45, 2.75) is 31.6 Å². The number of rotatable bonds is 3. The Kier molecular flexibility index (Phi) is 3.69. The zero-order valence-corrected chi connectivity index (χ0v) is 12.9. The normalized spacial score (nSPS) is 16.4. The van der Waals surface area contributed by atoms with Gasteiger partial charge >= 0.3 is 0 Å². The fourth-order valence-corrected chi connectivity index (χ4v) is 4.85. The van der Waals surface area contributed by atoms with Gasteiger partial charge in [-0.25, -0.2) is 0 Å². The molecule has 102 valence electrons. The van der Waals surface area contributed by atoms with Gasteiger partial charge in [-0.1, -0.05) is 0 Å². The first kappa shape index (κ1) is 13.2. The molecule has 0 radical (unpaired) electrons. The summed E-state index contributed by atoms with van der Waals surface area (Å²) in [5.41, 5.74) is 3.52. The van der Waals surface area contributed by atoms with Crippen LogP contribution in [0.15, 0.2) is 12.1 Å². The molecule has 0 spiro atoms. The molecule has 1 atom stereocenters. The van der Waals surface area contributed by atoms with Gasteiger partial charge in [0.25, 0.3) is 0 Å². The lowest BCUT2D eigenvalue weighted by Gasteiger charge is -2.08. The van der Waals surface area contributed by atoms with Gasteiger partial charge in [0.15, 0.2) is 0 Å². The molecule has 0 saturated heterocycles. The Bertz CT molecular complexity index is 565. The van der Waals surface area contributed by atoms with Crippen LogP contribution in [0.1, 0.15) is 32.8 Å². The quantitative estimate of drug-likeness (QED) is 0.946. The van der Waals surface area contributed by atoms with Crippen molar-refractivity contribution < 1.29 is 5.11 Å². The Hall–Kier alpha value is -0.780. The predicted octanol–water partition coefficient (Wildman–Crippen LogP) is 2.86. The van der Waals surface area contributed by atoms with E-state index in [1.807, 2.05) is 36.5 Å². The largest absolute Gasteiger partial charge is 0.387 e. The lowest BCUT2D eigenvalue weighted by atomic mass is 10.1. The fraction of sp³-hybridized carbons (Fsp3) is 0.500. The Morgan fingerprint density at radius 3 is 3.00 bits per heavy atom. The molecule has 5 heteroatoms. The highest BCUT2D eigenvalue weighted by molar-refractivity contribution is 7.98. The molecular formula is C14H18N2OS2. The van der Waals surface area contributed by atoms with Crippen molar-refractivity contribution >= 4 is 23.1 Å². The van der Waals surface area contributed by atoms with Crippen molar-refractivity contribution in [1.29, 1.82) is 0 Å². The van der Waals surface area contributed by atoms with Gasteiger partial charge in [0.05, 0.1) is 11.8 Å². The Morgan fingerprint density at radius 2 is 2.32 bits per heavy atom. The maximum Gasteiger partial charge on any atom is 0.0937 e. The summed E-state index contributed by atoms with van der Waals surface area (Å²) in [6, 6.07) is 4.24. The highest BCUT2D eigenvalue weighted by atomic mass is 32.2. The molecule has 1 unspecified atom stereocenters. The lowest BCUT2D eigenvalue weighted by Crippen LogP contribution is -2.05. The second-order valence-electron chi connectivity index (χ2n) is 5.02. The van der Waals surface area contributed by atoms with Crippen LogP contribution in [0.25, 0.3) is 0 Å². The molecule has 0 fully saturated rings. The van der Waals surface area contributed by atoms with Crippen LogP contribution in [0.2, 0.25) is 0 Å². The summed E-state index contributed by atoms with van der Waals surface area (Å²) in [5, 5.41) is 14.7. The Labute approximate surface area is 121 Å². The molecule has 0 amide bonds. The number of fused-ring (bicyclic) bond motifs is 1. The number of nitrogens with zero attached hydrogens (tertiary/aromatic N) is 2. The van der Waals surface area contributed by atoms with E-state index in [0.29, 0.717) is 6.42 Å². The maximum absolute atomic E-state index is 10.4. The van der Waals surface area contributed by atoms with Gasteiger partial charge in [0.2, 0.25) is 0 Å². The van der Waals surface area contributed by atoms with Gasteiger partial charge < -0.3 is 5.11 Å². The summed E-state index contributed by atoms with van der Waals surface area (Å²) in [6.45, 7) is 1.98. The SMILES string of the molecule is Cc1cc(CC(O)c2cc3c(s2)CCSC3)n(C)n1. The first-order valence-corrected chi connectivity index (χ1v) is 8.47. The van der Waals surface area contributed by atoms with E-state index >= 15 is 0 Å². The lowest BCUT2D eigenvalue weighted by molar-refractivity contribution is 0.179. The second kappa shape index (κ2) is 5.31. The second-order valence-corrected chi connectivity index (χ2v) is 7.29. The van der Waals surface area contributed by atoms with Crippen LogP contribution in [0, 0.1) is 6.92 Å². The third kappa shape index (κ3) is 2.73. The average Bonchev–Trinajstić information content (AvgIpc) is 2.93. The smallest absolute Gasteiger partial charge is 0.0937 e. The molecule has 1 aliphatic rings. The highest BCUT2D eigenvalue weighted by Gasteiger charge is 2.19. The van der Waals surface area contributed by atoms with Crippen molar-refractivity contribution in [3.05, 3.63) is 38.8 Å². The average molecular weight is 294 g/mol. The first-order chi connectivity index (χ1) is 9.13. The number of thiophene rings is 1. The molecule has 1 aliphatic heterocycles. The summed E-state index contributed by atoms with van der Waals surface area (Å²) >= 11 is 3.77. The minimum absolute atomic E-state index is 0.407. The van der Waals surface area contributed by atoms with E-state index in [4.69, 9.17) is 0 Å². The van der Waals surface area contributed by atoms with Crippen LogP contribution in [0.5, 0.6) is 0 Å². The fourth-order valence-electron chi connectivity index (χ4n) is 2.49. The van der Waals surface area contributed by atoms with Crippen LogP contribution in [-0.2, 0) is 25.6 Å². The number of thioether (sulfide) groups is 1. The molecule has 3 nitrogen and oxygen atoms in total. The minimum atomic E-state index is -0.407. The number of aliphatic hydroxyl groups is 1. The summed E-state index contributed by atoms with van der Waals surface area (Å²) in [5.74, 6) is 2.31. The zero-order chi connectivity index (χ0) is 13.4. The third-order valence-corrected chi connectivity index (χ3v) is 5.82. The van der Waals surface area contributed by atoms with Crippen LogP contribution in [-0.4, -0.2) is 20.6 Å². The van der Waals surface area contributed by atoms with E-state index in [9.17, 15) is 5.11 Å². The molecular weight excluding hydrogens is 276 g/mol. The Morgan fingerprint density at radius 1 is 1.47 bits per heavy atom. The van der Waals surface area contributed by atoms with Crippen molar-refractivity contribution in [2.75, 3.05) is 5.75 Å². The molecule has 3 heterocycles. The zero-order valence-electron chi connectivity index (χ0n) is 11.2. The van der Waals surface area contributed by atoms with Crippen molar-refractivity contribution in [3.63, 3.8) is 0 Å². The molecule has 2 aromatic rings. The Balaban J connectivity index is 1.78. The molecule has 19 heavy (non-hydrogen) atoms. The van der Waals surface area contributed by atoms with Gasteiger partial charge in [-0.2, -0.15) is 16.9 Å². The van der Waals surface area contributed by atoms with Gasteiger partial charge in [-0.05, 0) is 36.8 Å². The first-order valence-electron chi connectivity index (χ1n) is 6.50. The van der Waals surface area contributed by atoms with E-state index < -0.39 is 6.10 Å². The summed E-state index contributed by atoms with van der Waals surface area (Å²) < 4.78 is 1.86. The van der Waals surface area contributed by atoms with E-state index in [2.05, 4.69) is 11.2 Å². The van der Waals surface area contributed by atoms with Crippen LogP contribution in [0.4, 0.5) is 0 Å². The molecule has 3 rings (SSSR count). The molecule has 0 aromatic carbocycles. The number of aromatic nitrogens is 2. The van der Waals surface area contributed by atoms with Gasteiger partial charge in [-0.3, -0.25) is 4.68 Å². The van der Waals surface area contributed by atoms with Crippen LogP contribution in [0.3, 0.4) is 0 Å². The number of hydrogen-bond donors (Lipinski definition) is 1. The third-order valence-electron chi connectivity index (χ3n) is 3.48. The van der Waals surface area contributed by atoms with E-state index in [1.54, 1.807) is 11.3 Å². The van der Waals surface area contributed by atoms with Gasteiger partial charge in [-0.15, -0.1) is 11.3 Å². The van der Waals surface area contributed by atoms with Crippen molar-refractivity contribution in [2.24, 2.45) is 7.05 Å². The molecule has 1 N–H and O–H groups in total. The van der Waals surface area contributed by atoms with Crippen LogP contribution >= 0.6 is 23.1 Å². The molecule has 0 saturated carbocycles. The predicted molar refractivity (Wildman–Crippen MR) is 80.8 cm³/mol. The summed E-state index contributed by atoms with van der Waals surface area (Å²) in [4.78, 5) is 2.57. The van der Waals surface area contributed by atoms with Crippen molar-refractivity contribution in [3.8, 4) is 0 Å².